The highest BCUT2D eigenvalue weighted by atomic mass is 32.2. The fourth-order valence-corrected chi connectivity index (χ4v) is 6.21. The van der Waals surface area contributed by atoms with E-state index >= 15 is 0 Å². The highest BCUT2D eigenvalue weighted by Crippen LogP contribution is 2.23. The molecule has 1 aliphatic heterocycles. The summed E-state index contributed by atoms with van der Waals surface area (Å²) in [6.45, 7) is 0.926. The van der Waals surface area contributed by atoms with Crippen LogP contribution >= 0.6 is 11.3 Å². The molecule has 9 heteroatoms. The zero-order valence-corrected chi connectivity index (χ0v) is 13.7. The highest BCUT2D eigenvalue weighted by molar-refractivity contribution is 7.91. The Bertz CT molecular complexity index is 664. The largest absolute Gasteiger partial charge is 0.315 e. The molecule has 1 aliphatic rings. The molecule has 0 spiro atoms. The number of rotatable bonds is 4. The van der Waals surface area contributed by atoms with Crippen LogP contribution in [0.3, 0.4) is 0 Å². The van der Waals surface area contributed by atoms with Crippen molar-refractivity contribution in [2.24, 2.45) is 0 Å². The van der Waals surface area contributed by atoms with Gasteiger partial charge >= 0.3 is 0 Å². The van der Waals surface area contributed by atoms with E-state index in [0.29, 0.717) is 13.0 Å². The number of nitrogens with zero attached hydrogens (tertiary/aromatic N) is 1. The van der Waals surface area contributed by atoms with Gasteiger partial charge in [-0.3, -0.25) is 0 Å². The number of sulfonamides is 1. The van der Waals surface area contributed by atoms with Crippen molar-refractivity contribution in [3.63, 3.8) is 0 Å². The molecule has 2 heterocycles. The van der Waals surface area contributed by atoms with E-state index in [1.165, 1.54) is 15.6 Å². The molecule has 0 unspecified atom stereocenters. The molecule has 0 aromatic carbocycles. The molecule has 1 saturated heterocycles. The van der Waals surface area contributed by atoms with Crippen LogP contribution in [0.1, 0.15) is 11.3 Å². The Balaban J connectivity index is 2.20. The van der Waals surface area contributed by atoms with Crippen LogP contribution in [0, 0.1) is 0 Å². The Labute approximate surface area is 123 Å². The Morgan fingerprint density at radius 1 is 1.35 bits per heavy atom. The minimum atomic E-state index is -3.58. The van der Waals surface area contributed by atoms with Crippen molar-refractivity contribution in [1.82, 2.24) is 9.62 Å². The molecule has 6 nitrogen and oxygen atoms in total. The summed E-state index contributed by atoms with van der Waals surface area (Å²) in [5.74, 6) is -0.0343. The molecule has 1 N–H and O–H groups in total. The Hall–Kier alpha value is -0.480. The molecule has 0 amide bonds. The summed E-state index contributed by atoms with van der Waals surface area (Å²) >= 11 is 1.38. The van der Waals surface area contributed by atoms with Gasteiger partial charge in [0.05, 0.1) is 16.4 Å². The van der Waals surface area contributed by atoms with Gasteiger partial charge in [-0.1, -0.05) is 0 Å². The summed E-state index contributed by atoms with van der Waals surface area (Å²) in [4.78, 5) is 1.19. The van der Waals surface area contributed by atoms with E-state index in [1.54, 1.807) is 18.5 Å². The molecule has 1 aromatic heterocycles. The van der Waals surface area contributed by atoms with Crippen molar-refractivity contribution in [3.8, 4) is 0 Å². The number of nitrogens with one attached hydrogen (secondary N) is 1. The second-order valence-corrected chi connectivity index (χ2v) is 9.93. The molecule has 2 rings (SSSR count). The summed E-state index contributed by atoms with van der Waals surface area (Å²) in [5, 5.41) is 4.58. The zero-order valence-electron chi connectivity index (χ0n) is 11.2. The summed E-state index contributed by atoms with van der Waals surface area (Å²) in [7, 11) is -4.89. The molecular weight excluding hydrogens is 320 g/mol. The van der Waals surface area contributed by atoms with Gasteiger partial charge in [0, 0.05) is 29.9 Å². The lowest BCUT2D eigenvalue weighted by atomic mass is 10.5. The molecule has 0 saturated carbocycles. The molecule has 0 atom stereocenters. The predicted molar refractivity (Wildman–Crippen MR) is 79.1 cm³/mol. The van der Waals surface area contributed by atoms with Crippen molar-refractivity contribution >= 4 is 31.2 Å². The van der Waals surface area contributed by atoms with Gasteiger partial charge in [-0.2, -0.15) is 4.31 Å². The summed E-state index contributed by atoms with van der Waals surface area (Å²) < 4.78 is 49.3. The molecule has 0 aliphatic carbocycles. The summed E-state index contributed by atoms with van der Waals surface area (Å²) in [6.07, 6.45) is 0.356. The van der Waals surface area contributed by atoms with Crippen molar-refractivity contribution in [2.45, 2.75) is 17.9 Å². The second kappa shape index (κ2) is 6.10. The van der Waals surface area contributed by atoms with Gasteiger partial charge in [-0.15, -0.1) is 11.3 Å². The Morgan fingerprint density at radius 2 is 2.10 bits per heavy atom. The van der Waals surface area contributed by atoms with Crippen molar-refractivity contribution in [3.05, 3.63) is 16.3 Å². The molecule has 0 bridgehead atoms. The average Bonchev–Trinajstić information content (AvgIpc) is 2.75. The van der Waals surface area contributed by atoms with Crippen molar-refractivity contribution < 1.29 is 16.8 Å². The van der Waals surface area contributed by atoms with E-state index in [9.17, 15) is 16.8 Å². The normalized spacial score (nSPS) is 20.6. The maximum atomic E-state index is 12.5. The minimum absolute atomic E-state index is 0.0435. The van der Waals surface area contributed by atoms with Crippen LogP contribution in [-0.2, 0) is 26.4 Å². The van der Waals surface area contributed by atoms with E-state index in [2.05, 4.69) is 5.32 Å². The third-order valence-corrected chi connectivity index (χ3v) is 7.81. The minimum Gasteiger partial charge on any atom is -0.315 e. The van der Waals surface area contributed by atoms with Gasteiger partial charge in [0.25, 0.3) is 0 Å². The fraction of sp³-hybridized carbons (Fsp3) is 0.636. The van der Waals surface area contributed by atoms with E-state index in [-0.39, 0.29) is 29.5 Å². The van der Waals surface area contributed by atoms with E-state index in [1.807, 2.05) is 0 Å². The first-order valence-corrected chi connectivity index (χ1v) is 10.4. The first-order chi connectivity index (χ1) is 9.35. The van der Waals surface area contributed by atoms with E-state index < -0.39 is 19.9 Å². The predicted octanol–water partition coefficient (Wildman–Crippen LogP) is 0.277. The number of sulfone groups is 1. The monoisotopic (exact) mass is 338 g/mol. The van der Waals surface area contributed by atoms with Gasteiger partial charge in [0.2, 0.25) is 10.0 Å². The van der Waals surface area contributed by atoms with Gasteiger partial charge in [-0.05, 0) is 19.5 Å². The van der Waals surface area contributed by atoms with Crippen LogP contribution < -0.4 is 5.32 Å². The number of hydrogen-bond donors (Lipinski definition) is 1. The van der Waals surface area contributed by atoms with Gasteiger partial charge in [-0.25, -0.2) is 16.8 Å². The standard InChI is InChI=1S/C11H18N2O4S3/c1-12-8-10-7-11(9-18-10)20(16,17)13-3-2-5-19(14,15)6-4-13/h7,9,12H,2-6,8H2,1H3. The van der Waals surface area contributed by atoms with Crippen molar-refractivity contribution in [2.75, 3.05) is 31.6 Å². The van der Waals surface area contributed by atoms with E-state index in [4.69, 9.17) is 0 Å². The van der Waals surface area contributed by atoms with Gasteiger partial charge < -0.3 is 5.32 Å². The maximum absolute atomic E-state index is 12.5. The summed E-state index contributed by atoms with van der Waals surface area (Å²) in [6, 6.07) is 1.65. The molecule has 1 aromatic rings. The first kappa shape index (κ1) is 15.9. The van der Waals surface area contributed by atoms with Crippen molar-refractivity contribution in [1.29, 1.82) is 0 Å². The van der Waals surface area contributed by atoms with E-state index in [0.717, 1.165) is 4.88 Å². The van der Waals surface area contributed by atoms with Crippen LogP contribution in [0.2, 0.25) is 0 Å². The Kier molecular flexibility index (Phi) is 4.85. The maximum Gasteiger partial charge on any atom is 0.243 e. The van der Waals surface area contributed by atoms with Crippen LogP contribution in [0.5, 0.6) is 0 Å². The lowest BCUT2D eigenvalue weighted by molar-refractivity contribution is 0.435. The smallest absolute Gasteiger partial charge is 0.243 e. The Morgan fingerprint density at radius 3 is 2.80 bits per heavy atom. The highest BCUT2D eigenvalue weighted by Gasteiger charge is 2.29. The average molecular weight is 338 g/mol. The van der Waals surface area contributed by atoms with Crippen LogP contribution in [-0.4, -0.2) is 52.8 Å². The van der Waals surface area contributed by atoms with Crippen LogP contribution in [0.25, 0.3) is 0 Å². The first-order valence-electron chi connectivity index (χ1n) is 6.28. The third-order valence-electron chi connectivity index (χ3n) is 3.13. The quantitative estimate of drug-likeness (QED) is 0.852. The van der Waals surface area contributed by atoms with Crippen LogP contribution in [0.4, 0.5) is 0 Å². The summed E-state index contributed by atoms with van der Waals surface area (Å²) in [5.41, 5.74) is 0. The SMILES string of the molecule is CNCc1cc(S(=O)(=O)N2CCCS(=O)(=O)CC2)cs1. The van der Waals surface area contributed by atoms with Gasteiger partial charge in [0.1, 0.15) is 0 Å². The lowest BCUT2D eigenvalue weighted by Crippen LogP contribution is -2.33. The second-order valence-electron chi connectivity index (χ2n) is 4.69. The molecule has 1 fully saturated rings. The third kappa shape index (κ3) is 3.59. The molecular formula is C11H18N2O4S3. The molecule has 0 radical (unpaired) electrons. The topological polar surface area (TPSA) is 83.6 Å². The molecule has 20 heavy (non-hydrogen) atoms. The number of hydrogen-bond acceptors (Lipinski definition) is 6. The number of thiophene rings is 1. The fourth-order valence-electron chi connectivity index (χ4n) is 2.07. The van der Waals surface area contributed by atoms with Crippen LogP contribution in [0.15, 0.2) is 16.3 Å². The zero-order chi connectivity index (χ0) is 14.8. The molecule has 114 valence electrons. The van der Waals surface area contributed by atoms with Gasteiger partial charge in [0.15, 0.2) is 9.84 Å². The lowest BCUT2D eigenvalue weighted by Gasteiger charge is -2.18.